The molecule has 0 saturated carbocycles. The Hall–Kier alpha value is -2.21. The van der Waals surface area contributed by atoms with Crippen LogP contribution in [0.1, 0.15) is 30.1 Å². The molecule has 11 heteroatoms. The van der Waals surface area contributed by atoms with Crippen LogP contribution in [-0.4, -0.2) is 52.2 Å². The highest BCUT2D eigenvalue weighted by molar-refractivity contribution is 7.99. The first-order valence-corrected chi connectivity index (χ1v) is 13.5. The maximum atomic E-state index is 12.9. The molecule has 0 aliphatic heterocycles. The second-order valence-electron chi connectivity index (χ2n) is 7.12. The molecule has 3 rings (SSSR count). The smallest absolute Gasteiger partial charge is 0.243 e. The summed E-state index contributed by atoms with van der Waals surface area (Å²) in [6, 6.07) is 8.99. The van der Waals surface area contributed by atoms with Gasteiger partial charge in [0.25, 0.3) is 0 Å². The number of aromatic nitrogens is 3. The zero-order chi connectivity index (χ0) is 23.3. The van der Waals surface area contributed by atoms with Gasteiger partial charge in [0.1, 0.15) is 5.82 Å². The van der Waals surface area contributed by atoms with Crippen molar-refractivity contribution in [1.82, 2.24) is 19.1 Å². The SMILES string of the molecule is CCN(CC)S(=O)(=O)c1cc(NC(=O)CSc2nnc(Cc3cccs3)n2C)ccc1C. The molecule has 1 N–H and O–H groups in total. The highest BCUT2D eigenvalue weighted by Gasteiger charge is 2.24. The van der Waals surface area contributed by atoms with Crippen LogP contribution in [0.5, 0.6) is 0 Å². The van der Waals surface area contributed by atoms with E-state index in [2.05, 4.69) is 21.6 Å². The lowest BCUT2D eigenvalue weighted by Gasteiger charge is -2.20. The fraction of sp³-hybridized carbons (Fsp3) is 0.381. The highest BCUT2D eigenvalue weighted by atomic mass is 32.2. The summed E-state index contributed by atoms with van der Waals surface area (Å²) in [6.07, 6.45) is 0.696. The van der Waals surface area contributed by atoms with Crippen molar-refractivity contribution in [2.24, 2.45) is 7.05 Å². The molecule has 1 aromatic carbocycles. The first kappa shape index (κ1) is 24.4. The van der Waals surface area contributed by atoms with Crippen molar-refractivity contribution in [3.05, 3.63) is 52.0 Å². The van der Waals surface area contributed by atoms with Gasteiger partial charge in [0.2, 0.25) is 15.9 Å². The number of hydrogen-bond donors (Lipinski definition) is 1. The minimum Gasteiger partial charge on any atom is -0.325 e. The van der Waals surface area contributed by atoms with Gasteiger partial charge in [-0.15, -0.1) is 21.5 Å². The molecule has 1 amide bonds. The van der Waals surface area contributed by atoms with Gasteiger partial charge in [-0.25, -0.2) is 8.42 Å². The van der Waals surface area contributed by atoms with E-state index >= 15 is 0 Å². The van der Waals surface area contributed by atoms with Crippen molar-refractivity contribution in [2.45, 2.75) is 37.2 Å². The molecule has 0 radical (unpaired) electrons. The number of sulfonamides is 1. The third kappa shape index (κ3) is 5.58. The van der Waals surface area contributed by atoms with E-state index in [-0.39, 0.29) is 16.6 Å². The van der Waals surface area contributed by atoms with Crippen LogP contribution in [-0.2, 0) is 28.3 Å². The van der Waals surface area contributed by atoms with Gasteiger partial charge in [-0.1, -0.05) is 37.7 Å². The number of aryl methyl sites for hydroxylation is 1. The van der Waals surface area contributed by atoms with Gasteiger partial charge in [0.05, 0.1) is 10.6 Å². The Morgan fingerprint density at radius 3 is 2.62 bits per heavy atom. The first-order chi connectivity index (χ1) is 15.3. The van der Waals surface area contributed by atoms with Crippen molar-refractivity contribution in [3.8, 4) is 0 Å². The van der Waals surface area contributed by atoms with Crippen molar-refractivity contribution >= 4 is 44.7 Å². The fourth-order valence-electron chi connectivity index (χ4n) is 3.18. The van der Waals surface area contributed by atoms with Gasteiger partial charge >= 0.3 is 0 Å². The maximum absolute atomic E-state index is 12.9. The number of carbonyl (C=O) groups is 1. The summed E-state index contributed by atoms with van der Waals surface area (Å²) in [5, 5.41) is 13.9. The van der Waals surface area contributed by atoms with Crippen LogP contribution in [0, 0.1) is 6.92 Å². The first-order valence-electron chi connectivity index (χ1n) is 10.2. The molecule has 0 aliphatic carbocycles. The molecular weight excluding hydrogens is 466 g/mol. The average molecular weight is 494 g/mol. The Labute approximate surface area is 197 Å². The number of thioether (sulfide) groups is 1. The van der Waals surface area contributed by atoms with Gasteiger partial charge in [-0.05, 0) is 36.1 Å². The normalized spacial score (nSPS) is 11.8. The van der Waals surface area contributed by atoms with Crippen molar-refractivity contribution < 1.29 is 13.2 Å². The number of thiophene rings is 1. The van der Waals surface area contributed by atoms with E-state index in [9.17, 15) is 13.2 Å². The molecular formula is C21H27N5O3S3. The molecule has 0 saturated heterocycles. The number of nitrogens with zero attached hydrogens (tertiary/aromatic N) is 4. The average Bonchev–Trinajstić information content (AvgIpc) is 3.39. The lowest BCUT2D eigenvalue weighted by Crippen LogP contribution is -2.31. The van der Waals surface area contributed by atoms with Gasteiger partial charge in [0, 0.05) is 37.1 Å². The largest absolute Gasteiger partial charge is 0.325 e. The summed E-state index contributed by atoms with van der Waals surface area (Å²) in [7, 11) is -1.73. The van der Waals surface area contributed by atoms with Gasteiger partial charge in [-0.3, -0.25) is 4.79 Å². The van der Waals surface area contributed by atoms with Crippen LogP contribution >= 0.6 is 23.1 Å². The molecule has 2 aromatic heterocycles. The lowest BCUT2D eigenvalue weighted by atomic mass is 10.2. The zero-order valence-electron chi connectivity index (χ0n) is 18.5. The quantitative estimate of drug-likeness (QED) is 0.434. The van der Waals surface area contributed by atoms with E-state index < -0.39 is 10.0 Å². The van der Waals surface area contributed by atoms with Gasteiger partial charge < -0.3 is 9.88 Å². The third-order valence-corrected chi connectivity index (χ3v) is 9.05. The Morgan fingerprint density at radius 1 is 1.22 bits per heavy atom. The van der Waals surface area contributed by atoms with Crippen molar-refractivity contribution in [2.75, 3.05) is 24.2 Å². The Kier molecular flexibility index (Phi) is 8.10. The minimum absolute atomic E-state index is 0.136. The minimum atomic E-state index is -3.61. The Balaban J connectivity index is 1.65. The summed E-state index contributed by atoms with van der Waals surface area (Å²) in [6.45, 7) is 6.13. The predicted molar refractivity (Wildman–Crippen MR) is 129 cm³/mol. The third-order valence-electron chi connectivity index (χ3n) is 4.97. The summed E-state index contributed by atoms with van der Waals surface area (Å²) >= 11 is 2.95. The number of hydrogen-bond acceptors (Lipinski definition) is 7. The maximum Gasteiger partial charge on any atom is 0.243 e. The number of benzene rings is 1. The number of carbonyl (C=O) groups excluding carboxylic acids is 1. The summed E-state index contributed by atoms with van der Waals surface area (Å²) < 4.78 is 29.1. The number of rotatable bonds is 10. The second kappa shape index (κ2) is 10.6. The lowest BCUT2D eigenvalue weighted by molar-refractivity contribution is -0.113. The number of amides is 1. The summed E-state index contributed by atoms with van der Waals surface area (Å²) in [4.78, 5) is 13.9. The molecule has 3 aromatic rings. The Morgan fingerprint density at radius 2 is 1.97 bits per heavy atom. The molecule has 2 heterocycles. The molecule has 0 unspecified atom stereocenters. The van der Waals surface area contributed by atoms with E-state index in [1.807, 2.05) is 23.1 Å². The summed E-state index contributed by atoms with van der Waals surface area (Å²) in [5.41, 5.74) is 1.09. The molecule has 32 heavy (non-hydrogen) atoms. The van der Waals surface area contributed by atoms with Gasteiger partial charge in [-0.2, -0.15) is 4.31 Å². The second-order valence-corrected chi connectivity index (χ2v) is 11.0. The van der Waals surface area contributed by atoms with Crippen LogP contribution < -0.4 is 5.32 Å². The highest BCUT2D eigenvalue weighted by Crippen LogP contribution is 2.24. The summed E-state index contributed by atoms with van der Waals surface area (Å²) in [5.74, 6) is 0.727. The number of anilines is 1. The monoisotopic (exact) mass is 493 g/mol. The van der Waals surface area contributed by atoms with E-state index in [1.165, 1.54) is 27.0 Å². The van der Waals surface area contributed by atoms with Crippen LogP contribution in [0.15, 0.2) is 45.8 Å². The molecule has 0 atom stereocenters. The zero-order valence-corrected chi connectivity index (χ0v) is 21.0. The van der Waals surface area contributed by atoms with Crippen LogP contribution in [0.25, 0.3) is 0 Å². The topological polar surface area (TPSA) is 97.2 Å². The fourth-order valence-corrected chi connectivity index (χ4v) is 6.32. The van der Waals surface area contributed by atoms with E-state index in [0.717, 1.165) is 5.82 Å². The van der Waals surface area contributed by atoms with Crippen molar-refractivity contribution in [1.29, 1.82) is 0 Å². The van der Waals surface area contributed by atoms with Crippen LogP contribution in [0.2, 0.25) is 0 Å². The molecule has 0 bridgehead atoms. The standard InChI is InChI=1S/C21H27N5O3S3/c1-5-26(6-2)32(28,29)18-12-16(10-9-15(18)3)22-20(27)14-31-21-24-23-19(25(21)4)13-17-8-7-11-30-17/h7-12H,5-6,13-14H2,1-4H3,(H,22,27). The predicted octanol–water partition coefficient (Wildman–Crippen LogP) is 3.54. The molecule has 0 spiro atoms. The molecule has 8 nitrogen and oxygen atoms in total. The Bertz CT molecular complexity index is 1170. The van der Waals surface area contributed by atoms with Gasteiger partial charge in [0.15, 0.2) is 5.16 Å². The van der Waals surface area contributed by atoms with Crippen LogP contribution in [0.3, 0.4) is 0 Å². The van der Waals surface area contributed by atoms with E-state index in [1.54, 1.807) is 44.2 Å². The van der Waals surface area contributed by atoms with Crippen molar-refractivity contribution in [3.63, 3.8) is 0 Å². The van der Waals surface area contributed by atoms with E-state index in [4.69, 9.17) is 0 Å². The molecule has 172 valence electrons. The number of nitrogens with one attached hydrogen (secondary N) is 1. The molecule has 0 fully saturated rings. The van der Waals surface area contributed by atoms with E-state index in [0.29, 0.717) is 35.9 Å². The van der Waals surface area contributed by atoms with Crippen LogP contribution in [0.4, 0.5) is 5.69 Å². The molecule has 0 aliphatic rings.